The number of hydrogen-bond acceptors (Lipinski definition) is 5. The molecule has 0 fully saturated rings. The Morgan fingerprint density at radius 3 is 2.90 bits per heavy atom. The summed E-state index contributed by atoms with van der Waals surface area (Å²) in [5.74, 6) is -0.198. The second kappa shape index (κ2) is 5.40. The van der Waals surface area contributed by atoms with Gasteiger partial charge in [-0.05, 0) is 18.2 Å². The Morgan fingerprint density at radius 1 is 1.25 bits per heavy atom. The molecule has 0 spiro atoms. The summed E-state index contributed by atoms with van der Waals surface area (Å²) in [6.07, 6.45) is 4.06. The lowest BCUT2D eigenvalue weighted by Gasteiger charge is -2.06. The number of benzene rings is 1. The van der Waals surface area contributed by atoms with Gasteiger partial charge in [0.25, 0.3) is 0 Å². The maximum absolute atomic E-state index is 9.08. The van der Waals surface area contributed by atoms with Crippen LogP contribution in [0, 0.1) is 5.92 Å². The van der Waals surface area contributed by atoms with Gasteiger partial charge in [0.15, 0.2) is 0 Å². The van der Waals surface area contributed by atoms with Crippen LogP contribution in [-0.2, 0) is 6.42 Å². The zero-order chi connectivity index (χ0) is 13.9. The second-order valence-corrected chi connectivity index (χ2v) is 4.73. The highest BCUT2D eigenvalue weighted by Crippen LogP contribution is 2.16. The van der Waals surface area contributed by atoms with Gasteiger partial charge in [-0.3, -0.25) is 5.10 Å². The molecular weight excluding hydrogens is 258 g/mol. The van der Waals surface area contributed by atoms with Crippen molar-refractivity contribution in [2.45, 2.75) is 6.42 Å². The number of aromatic amines is 1. The molecule has 3 N–H and O–H groups in total. The van der Waals surface area contributed by atoms with E-state index in [4.69, 9.17) is 10.2 Å². The number of hydrogen-bond donors (Lipinski definition) is 3. The lowest BCUT2D eigenvalue weighted by atomic mass is 10.1. The highest BCUT2D eigenvalue weighted by Gasteiger charge is 2.11. The van der Waals surface area contributed by atoms with Gasteiger partial charge in [-0.15, -0.1) is 5.10 Å². The summed E-state index contributed by atoms with van der Waals surface area (Å²) in [7, 11) is 0. The minimum absolute atomic E-state index is 0.0651. The number of fused-ring (bicyclic) bond motifs is 1. The van der Waals surface area contributed by atoms with Gasteiger partial charge < -0.3 is 10.2 Å². The quantitative estimate of drug-likeness (QED) is 0.620. The van der Waals surface area contributed by atoms with E-state index in [0.717, 1.165) is 22.3 Å². The van der Waals surface area contributed by atoms with Crippen LogP contribution in [0.15, 0.2) is 30.6 Å². The van der Waals surface area contributed by atoms with Gasteiger partial charge in [-0.25, -0.2) is 4.68 Å². The number of H-pyrrole nitrogens is 1. The van der Waals surface area contributed by atoms with Crippen molar-refractivity contribution in [3.8, 4) is 5.69 Å². The first kappa shape index (κ1) is 12.8. The first-order valence-electron chi connectivity index (χ1n) is 6.36. The second-order valence-electron chi connectivity index (χ2n) is 4.73. The normalized spacial score (nSPS) is 11.6. The molecule has 0 amide bonds. The first-order chi connectivity index (χ1) is 9.80. The van der Waals surface area contributed by atoms with Gasteiger partial charge in [0.1, 0.15) is 0 Å². The predicted molar refractivity (Wildman–Crippen MR) is 72.4 cm³/mol. The molecule has 0 saturated carbocycles. The van der Waals surface area contributed by atoms with Crippen molar-refractivity contribution in [3.05, 3.63) is 36.3 Å². The molecule has 0 radical (unpaired) electrons. The van der Waals surface area contributed by atoms with Crippen molar-refractivity contribution in [1.29, 1.82) is 0 Å². The molecular formula is C13H15N5O2. The average Bonchev–Trinajstić information content (AvgIpc) is 3.12. The van der Waals surface area contributed by atoms with E-state index < -0.39 is 0 Å². The highest BCUT2D eigenvalue weighted by molar-refractivity contribution is 5.80. The van der Waals surface area contributed by atoms with Gasteiger partial charge in [0.2, 0.25) is 0 Å². The molecule has 7 heteroatoms. The van der Waals surface area contributed by atoms with Crippen LogP contribution in [0.1, 0.15) is 5.69 Å². The number of rotatable bonds is 5. The van der Waals surface area contributed by atoms with Crippen molar-refractivity contribution in [2.75, 3.05) is 13.2 Å². The maximum atomic E-state index is 9.08. The summed E-state index contributed by atoms with van der Waals surface area (Å²) >= 11 is 0. The molecule has 0 aliphatic rings. The van der Waals surface area contributed by atoms with Gasteiger partial charge in [-0.1, -0.05) is 5.21 Å². The summed E-state index contributed by atoms with van der Waals surface area (Å²) in [6, 6.07) is 5.82. The molecule has 0 saturated heterocycles. The molecule has 0 aliphatic carbocycles. The van der Waals surface area contributed by atoms with Crippen LogP contribution in [0.5, 0.6) is 0 Å². The van der Waals surface area contributed by atoms with E-state index in [-0.39, 0.29) is 19.1 Å². The van der Waals surface area contributed by atoms with Gasteiger partial charge >= 0.3 is 0 Å². The van der Waals surface area contributed by atoms with Crippen LogP contribution in [0.4, 0.5) is 0 Å². The third-order valence-corrected chi connectivity index (χ3v) is 3.24. The molecule has 20 heavy (non-hydrogen) atoms. The Hall–Kier alpha value is -2.25. The number of aliphatic hydroxyl groups excluding tert-OH is 2. The predicted octanol–water partition coefficient (Wildman–Crippen LogP) is 0.287. The van der Waals surface area contributed by atoms with Crippen molar-refractivity contribution in [3.63, 3.8) is 0 Å². The summed E-state index contributed by atoms with van der Waals surface area (Å²) in [5, 5.41) is 34.2. The van der Waals surface area contributed by atoms with E-state index in [1.165, 1.54) is 0 Å². The Balaban J connectivity index is 1.85. The summed E-state index contributed by atoms with van der Waals surface area (Å²) in [4.78, 5) is 0. The van der Waals surface area contributed by atoms with Gasteiger partial charge in [-0.2, -0.15) is 5.10 Å². The van der Waals surface area contributed by atoms with Crippen molar-refractivity contribution in [1.82, 2.24) is 25.2 Å². The lowest BCUT2D eigenvalue weighted by molar-refractivity contribution is 0.149. The smallest absolute Gasteiger partial charge is 0.0836 e. The Morgan fingerprint density at radius 2 is 2.10 bits per heavy atom. The van der Waals surface area contributed by atoms with Crippen LogP contribution in [0.2, 0.25) is 0 Å². The number of aliphatic hydroxyl groups is 2. The number of nitrogens with zero attached hydrogens (tertiary/aromatic N) is 4. The van der Waals surface area contributed by atoms with E-state index in [1.54, 1.807) is 17.1 Å². The van der Waals surface area contributed by atoms with Gasteiger partial charge in [0.05, 0.1) is 29.3 Å². The largest absolute Gasteiger partial charge is 0.396 e. The standard InChI is InChI=1S/C13H15N5O2/c19-7-9(8-20)3-11-6-18(17-15-11)12-1-2-13-10(4-12)5-14-16-13/h1-2,4-6,9,19-20H,3,7-8H2,(H,14,16). The summed E-state index contributed by atoms with van der Waals surface area (Å²) < 4.78 is 1.67. The zero-order valence-corrected chi connectivity index (χ0v) is 10.8. The van der Waals surface area contributed by atoms with Crippen LogP contribution in [0.25, 0.3) is 16.6 Å². The maximum Gasteiger partial charge on any atom is 0.0836 e. The minimum atomic E-state index is -0.198. The molecule has 3 aromatic rings. The van der Waals surface area contributed by atoms with Crippen molar-refractivity contribution < 1.29 is 10.2 Å². The lowest BCUT2D eigenvalue weighted by Crippen LogP contribution is -2.14. The monoisotopic (exact) mass is 273 g/mol. The van der Waals surface area contributed by atoms with E-state index in [1.807, 2.05) is 18.2 Å². The fourth-order valence-electron chi connectivity index (χ4n) is 2.07. The fraction of sp³-hybridized carbons (Fsp3) is 0.308. The Kier molecular flexibility index (Phi) is 3.44. The SMILES string of the molecule is OCC(CO)Cc1cn(-c2ccc3[nH]ncc3c2)nn1. The zero-order valence-electron chi connectivity index (χ0n) is 10.8. The number of aromatic nitrogens is 5. The average molecular weight is 273 g/mol. The molecule has 7 nitrogen and oxygen atoms in total. The van der Waals surface area contributed by atoms with E-state index in [9.17, 15) is 0 Å². The third-order valence-electron chi connectivity index (χ3n) is 3.24. The Labute approximate surface area is 114 Å². The van der Waals surface area contributed by atoms with Crippen molar-refractivity contribution >= 4 is 10.9 Å². The molecule has 2 heterocycles. The van der Waals surface area contributed by atoms with E-state index >= 15 is 0 Å². The van der Waals surface area contributed by atoms with E-state index in [2.05, 4.69) is 20.5 Å². The summed E-state index contributed by atoms with van der Waals surface area (Å²) in [6.45, 7) is -0.130. The molecule has 0 atom stereocenters. The summed E-state index contributed by atoms with van der Waals surface area (Å²) in [5.41, 5.74) is 2.60. The fourth-order valence-corrected chi connectivity index (χ4v) is 2.07. The molecule has 1 aromatic carbocycles. The molecule has 104 valence electrons. The first-order valence-corrected chi connectivity index (χ1v) is 6.36. The topological polar surface area (TPSA) is 99.8 Å². The number of nitrogens with one attached hydrogen (secondary N) is 1. The molecule has 0 aliphatic heterocycles. The highest BCUT2D eigenvalue weighted by atomic mass is 16.3. The molecule has 3 rings (SSSR count). The van der Waals surface area contributed by atoms with Crippen LogP contribution >= 0.6 is 0 Å². The third kappa shape index (κ3) is 2.40. The minimum Gasteiger partial charge on any atom is -0.396 e. The Bertz CT molecular complexity index is 701. The molecule has 2 aromatic heterocycles. The molecule has 0 bridgehead atoms. The van der Waals surface area contributed by atoms with Crippen LogP contribution in [-0.4, -0.2) is 48.6 Å². The van der Waals surface area contributed by atoms with E-state index in [0.29, 0.717) is 6.42 Å². The van der Waals surface area contributed by atoms with Gasteiger partial charge in [0, 0.05) is 30.9 Å². The van der Waals surface area contributed by atoms with Crippen LogP contribution < -0.4 is 0 Å². The molecule has 0 unspecified atom stereocenters. The van der Waals surface area contributed by atoms with Crippen molar-refractivity contribution in [2.24, 2.45) is 5.92 Å². The van der Waals surface area contributed by atoms with Crippen LogP contribution in [0.3, 0.4) is 0 Å².